The number of hydrogen-bond acceptors (Lipinski definition) is 5. The molecule has 1 fully saturated rings. The molecule has 1 amide bonds. The van der Waals surface area contributed by atoms with Crippen molar-refractivity contribution in [2.45, 2.75) is 39.2 Å². The fraction of sp³-hybridized carbons (Fsp3) is 0.588. The van der Waals surface area contributed by atoms with Crippen molar-refractivity contribution in [2.24, 2.45) is 5.92 Å². The largest absolute Gasteiger partial charge is 0.477 e. The predicted molar refractivity (Wildman–Crippen MR) is 85.0 cm³/mol. The van der Waals surface area contributed by atoms with Gasteiger partial charge in [-0.3, -0.25) is 0 Å². The van der Waals surface area contributed by atoms with Crippen LogP contribution in [-0.4, -0.2) is 41.2 Å². The third-order valence-electron chi connectivity index (χ3n) is 3.34. The topological polar surface area (TPSA) is 75.5 Å². The van der Waals surface area contributed by atoms with Crippen molar-refractivity contribution in [3.8, 4) is 11.9 Å². The molecule has 1 saturated heterocycles. The maximum absolute atomic E-state index is 12.1. The van der Waals surface area contributed by atoms with E-state index in [1.807, 2.05) is 26.8 Å². The van der Waals surface area contributed by atoms with E-state index in [1.54, 1.807) is 4.90 Å². The summed E-state index contributed by atoms with van der Waals surface area (Å²) in [7, 11) is 0. The number of carbonyl (C=O) groups is 1. The quantitative estimate of drug-likeness (QED) is 0.856. The van der Waals surface area contributed by atoms with Crippen molar-refractivity contribution in [3.63, 3.8) is 0 Å². The summed E-state index contributed by atoms with van der Waals surface area (Å²) in [6, 6.07) is 4.91. The SMILES string of the molecule is [2H]C([2H])(Oc1cc(C#N)ccn1)C1CCN(C(=O)OC(C)(C)C)CC1. The third kappa shape index (κ3) is 5.44. The minimum Gasteiger partial charge on any atom is -0.477 e. The van der Waals surface area contributed by atoms with Gasteiger partial charge >= 0.3 is 6.09 Å². The summed E-state index contributed by atoms with van der Waals surface area (Å²) < 4.78 is 27.1. The number of likely N-dealkylation sites (tertiary alicyclic amines) is 1. The maximum atomic E-state index is 12.1. The molecule has 1 aliphatic heterocycles. The van der Waals surface area contributed by atoms with Crippen molar-refractivity contribution in [3.05, 3.63) is 23.9 Å². The first-order chi connectivity index (χ1) is 11.6. The average Bonchev–Trinajstić information content (AvgIpc) is 2.53. The molecule has 0 N–H and O–H groups in total. The fourth-order valence-corrected chi connectivity index (χ4v) is 2.18. The van der Waals surface area contributed by atoms with E-state index in [1.165, 1.54) is 18.3 Å². The normalized spacial score (nSPS) is 17.7. The van der Waals surface area contributed by atoms with Gasteiger partial charge < -0.3 is 14.4 Å². The van der Waals surface area contributed by atoms with Gasteiger partial charge in [-0.1, -0.05) is 0 Å². The van der Waals surface area contributed by atoms with Crippen molar-refractivity contribution in [2.75, 3.05) is 19.6 Å². The minimum absolute atomic E-state index is 0.0821. The number of carbonyl (C=O) groups excluding carboxylic acids is 1. The second-order valence-electron chi connectivity index (χ2n) is 6.46. The van der Waals surface area contributed by atoms with E-state index in [9.17, 15) is 4.79 Å². The Labute approximate surface area is 139 Å². The molecule has 0 bridgehead atoms. The number of piperidine rings is 1. The summed E-state index contributed by atoms with van der Waals surface area (Å²) in [4.78, 5) is 17.6. The van der Waals surface area contributed by atoms with E-state index in [0.29, 0.717) is 31.5 Å². The van der Waals surface area contributed by atoms with Crippen molar-refractivity contribution in [1.82, 2.24) is 9.88 Å². The summed E-state index contributed by atoms with van der Waals surface area (Å²) in [5, 5.41) is 8.89. The summed E-state index contributed by atoms with van der Waals surface area (Å²) in [5.41, 5.74) is -0.191. The molecule has 1 aliphatic rings. The van der Waals surface area contributed by atoms with Crippen molar-refractivity contribution < 1.29 is 17.0 Å². The lowest BCUT2D eigenvalue weighted by Gasteiger charge is -2.33. The van der Waals surface area contributed by atoms with Crippen LogP contribution in [0.1, 0.15) is 41.9 Å². The van der Waals surface area contributed by atoms with Gasteiger partial charge in [-0.15, -0.1) is 0 Å². The molecule has 1 aromatic heterocycles. The van der Waals surface area contributed by atoms with Crippen LogP contribution in [-0.2, 0) is 4.74 Å². The van der Waals surface area contributed by atoms with Crippen LogP contribution in [0.3, 0.4) is 0 Å². The second kappa shape index (κ2) is 7.32. The fourth-order valence-electron chi connectivity index (χ4n) is 2.18. The molecular weight excluding hydrogens is 294 g/mol. The molecule has 0 aliphatic carbocycles. The lowest BCUT2D eigenvalue weighted by atomic mass is 9.98. The van der Waals surface area contributed by atoms with Crippen LogP contribution < -0.4 is 4.74 Å². The second-order valence-corrected chi connectivity index (χ2v) is 6.46. The van der Waals surface area contributed by atoms with Crippen LogP contribution in [0.2, 0.25) is 0 Å². The molecule has 124 valence electrons. The molecule has 0 aromatic carbocycles. The summed E-state index contributed by atoms with van der Waals surface area (Å²) >= 11 is 0. The monoisotopic (exact) mass is 319 g/mol. The molecule has 2 heterocycles. The molecular formula is C17H23N3O3. The predicted octanol–water partition coefficient (Wildman–Crippen LogP) is 2.98. The average molecular weight is 319 g/mol. The Bertz CT molecular complexity index is 660. The number of pyridine rings is 1. The van der Waals surface area contributed by atoms with Gasteiger partial charge in [-0.05, 0) is 45.6 Å². The molecule has 6 heteroatoms. The van der Waals surface area contributed by atoms with E-state index in [-0.39, 0.29) is 17.9 Å². The number of ether oxygens (including phenoxy) is 2. The standard InChI is InChI=1S/C17H23N3O3/c1-17(2,3)23-16(21)20-8-5-13(6-9-20)12-22-15-10-14(11-18)4-7-19-15/h4,7,10,13H,5-6,8-9,12H2,1-3H3/i12D2. The smallest absolute Gasteiger partial charge is 0.410 e. The number of amides is 1. The van der Waals surface area contributed by atoms with Gasteiger partial charge in [0.05, 0.1) is 20.9 Å². The Morgan fingerprint density at radius 2 is 2.22 bits per heavy atom. The first-order valence-electron chi connectivity index (χ1n) is 8.64. The zero-order chi connectivity index (χ0) is 18.7. The van der Waals surface area contributed by atoms with Crippen LogP contribution in [0.25, 0.3) is 0 Å². The summed E-state index contributed by atoms with van der Waals surface area (Å²) in [6.45, 7) is 4.33. The lowest BCUT2D eigenvalue weighted by molar-refractivity contribution is 0.0164. The summed E-state index contributed by atoms with van der Waals surface area (Å²) in [6.07, 6.45) is 1.96. The van der Waals surface area contributed by atoms with Crippen LogP contribution in [0.15, 0.2) is 18.3 Å². The molecule has 1 aromatic rings. The minimum atomic E-state index is -1.93. The van der Waals surface area contributed by atoms with E-state index < -0.39 is 12.2 Å². The highest BCUT2D eigenvalue weighted by molar-refractivity contribution is 5.68. The lowest BCUT2D eigenvalue weighted by Crippen LogP contribution is -2.42. The van der Waals surface area contributed by atoms with Crippen LogP contribution in [0.4, 0.5) is 4.79 Å². The van der Waals surface area contributed by atoms with Gasteiger partial charge in [-0.25, -0.2) is 9.78 Å². The Balaban J connectivity index is 1.94. The first-order valence-corrected chi connectivity index (χ1v) is 7.64. The highest BCUT2D eigenvalue weighted by atomic mass is 16.6. The molecule has 0 spiro atoms. The van der Waals surface area contributed by atoms with E-state index in [0.717, 1.165) is 0 Å². The van der Waals surface area contributed by atoms with Crippen LogP contribution in [0, 0.1) is 17.2 Å². The molecule has 0 saturated carbocycles. The maximum Gasteiger partial charge on any atom is 0.410 e. The molecule has 2 rings (SSSR count). The van der Waals surface area contributed by atoms with Gasteiger partial charge in [-0.2, -0.15) is 5.26 Å². The Morgan fingerprint density at radius 1 is 1.52 bits per heavy atom. The van der Waals surface area contributed by atoms with Crippen molar-refractivity contribution in [1.29, 1.82) is 5.26 Å². The molecule has 0 unspecified atom stereocenters. The number of aromatic nitrogens is 1. The van der Waals surface area contributed by atoms with Crippen molar-refractivity contribution >= 4 is 6.09 Å². The number of rotatable bonds is 3. The van der Waals surface area contributed by atoms with E-state index in [4.69, 9.17) is 17.5 Å². The molecule has 0 radical (unpaired) electrons. The van der Waals surface area contributed by atoms with E-state index in [2.05, 4.69) is 4.98 Å². The Hall–Kier alpha value is -2.29. The van der Waals surface area contributed by atoms with Gasteiger partial charge in [0.1, 0.15) is 5.60 Å². The van der Waals surface area contributed by atoms with Gasteiger partial charge in [0.15, 0.2) is 0 Å². The number of hydrogen-bond donors (Lipinski definition) is 0. The van der Waals surface area contributed by atoms with Gasteiger partial charge in [0.25, 0.3) is 0 Å². The summed E-state index contributed by atoms with van der Waals surface area (Å²) in [5.74, 6) is -0.294. The van der Waals surface area contributed by atoms with Crippen LogP contribution >= 0.6 is 0 Å². The van der Waals surface area contributed by atoms with Gasteiger partial charge in [0.2, 0.25) is 5.88 Å². The number of nitriles is 1. The third-order valence-corrected chi connectivity index (χ3v) is 3.34. The zero-order valence-electron chi connectivity index (χ0n) is 15.7. The Kier molecular flexibility index (Phi) is 4.55. The van der Waals surface area contributed by atoms with E-state index >= 15 is 0 Å². The highest BCUT2D eigenvalue weighted by Crippen LogP contribution is 2.21. The molecule has 23 heavy (non-hydrogen) atoms. The highest BCUT2D eigenvalue weighted by Gasteiger charge is 2.27. The molecule has 0 atom stereocenters. The van der Waals surface area contributed by atoms with Gasteiger partial charge in [0, 0.05) is 25.4 Å². The molecule has 6 nitrogen and oxygen atoms in total. The first kappa shape index (κ1) is 14.3. The number of nitrogens with zero attached hydrogens (tertiary/aromatic N) is 3. The zero-order valence-corrected chi connectivity index (χ0v) is 13.7. The van der Waals surface area contributed by atoms with Crippen LogP contribution in [0.5, 0.6) is 5.88 Å². The Morgan fingerprint density at radius 3 is 2.83 bits per heavy atom.